The highest BCUT2D eigenvalue weighted by atomic mass is 16.8. The zero-order chi connectivity index (χ0) is 36.2. The molecule has 11 nitrogen and oxygen atoms in total. The highest BCUT2D eigenvalue weighted by Crippen LogP contribution is 2.47. The Kier molecular flexibility index (Phi) is 11.2. The number of rotatable bonds is 14. The number of nitrogens with one attached hydrogen (secondary N) is 1. The molecule has 3 heterocycles. The van der Waals surface area contributed by atoms with Crippen molar-refractivity contribution in [3.05, 3.63) is 84.3 Å². The van der Waals surface area contributed by atoms with Gasteiger partial charge in [-0.25, -0.2) is 14.8 Å². The molecule has 1 saturated carbocycles. The van der Waals surface area contributed by atoms with Crippen molar-refractivity contribution < 1.29 is 23.7 Å². The first-order chi connectivity index (χ1) is 24.4. The highest BCUT2D eigenvalue weighted by Gasteiger charge is 2.54. The van der Waals surface area contributed by atoms with E-state index in [0.29, 0.717) is 19.6 Å². The molecule has 2 aromatic heterocycles. The van der Waals surface area contributed by atoms with Gasteiger partial charge in [0.15, 0.2) is 5.79 Å². The van der Waals surface area contributed by atoms with Crippen molar-refractivity contribution in [3.8, 4) is 5.75 Å². The van der Waals surface area contributed by atoms with Gasteiger partial charge in [0.2, 0.25) is 0 Å². The maximum Gasteiger partial charge on any atom is 0.410 e. The Bertz CT molecular complexity index is 1740. The molecule has 1 saturated heterocycles. The van der Waals surface area contributed by atoms with E-state index in [2.05, 4.69) is 63.3 Å². The molecule has 1 aliphatic heterocycles. The molecule has 0 unspecified atom stereocenters. The van der Waals surface area contributed by atoms with E-state index in [0.717, 1.165) is 55.0 Å². The number of nitrogens with zero attached hydrogens (tertiary/aromatic N) is 5. The van der Waals surface area contributed by atoms with Crippen LogP contribution in [0.1, 0.15) is 64.6 Å². The van der Waals surface area contributed by atoms with E-state index in [-0.39, 0.29) is 30.3 Å². The summed E-state index contributed by atoms with van der Waals surface area (Å²) in [6.45, 7) is 13.2. The Morgan fingerprint density at radius 3 is 2.47 bits per heavy atom. The van der Waals surface area contributed by atoms with Gasteiger partial charge in [0, 0.05) is 45.3 Å². The van der Waals surface area contributed by atoms with Crippen molar-refractivity contribution in [2.75, 3.05) is 45.2 Å². The molecule has 1 N–H and O–H groups in total. The van der Waals surface area contributed by atoms with Crippen LogP contribution in [0.25, 0.3) is 11.0 Å². The van der Waals surface area contributed by atoms with Gasteiger partial charge >= 0.3 is 6.09 Å². The van der Waals surface area contributed by atoms with Gasteiger partial charge < -0.3 is 38.6 Å². The molecule has 6 rings (SSSR count). The third kappa shape index (κ3) is 9.01. The summed E-state index contributed by atoms with van der Waals surface area (Å²) in [4.78, 5) is 26.5. The van der Waals surface area contributed by atoms with Crippen molar-refractivity contribution in [1.29, 1.82) is 0 Å². The van der Waals surface area contributed by atoms with Crippen LogP contribution in [0.5, 0.6) is 5.75 Å². The van der Waals surface area contributed by atoms with Crippen LogP contribution in [-0.2, 0) is 27.2 Å². The first-order valence-corrected chi connectivity index (χ1v) is 18.1. The molecular formula is C40H54N6O5. The molecular weight excluding hydrogens is 644 g/mol. The van der Waals surface area contributed by atoms with Crippen molar-refractivity contribution in [2.24, 2.45) is 5.92 Å². The van der Waals surface area contributed by atoms with Crippen LogP contribution in [0.15, 0.2) is 73.2 Å². The number of carbonyl (C=O) groups excluding carboxylic acids is 1. The average Bonchev–Trinajstić information content (AvgIpc) is 3.76. The van der Waals surface area contributed by atoms with Crippen molar-refractivity contribution >= 4 is 22.9 Å². The lowest BCUT2D eigenvalue weighted by Gasteiger charge is -2.28. The summed E-state index contributed by atoms with van der Waals surface area (Å²) in [6.07, 6.45) is 5.86. The van der Waals surface area contributed by atoms with Crippen LogP contribution in [0.2, 0.25) is 0 Å². The maximum atomic E-state index is 13.1. The number of anilines is 1. The number of hydrogen-bond donors (Lipinski definition) is 1. The Morgan fingerprint density at radius 1 is 1.00 bits per heavy atom. The Labute approximate surface area is 302 Å². The molecule has 2 fully saturated rings. The van der Waals surface area contributed by atoms with Crippen LogP contribution in [0, 0.1) is 5.92 Å². The van der Waals surface area contributed by atoms with Crippen LogP contribution in [-0.4, -0.2) is 89.5 Å². The molecule has 4 aromatic rings. The molecule has 51 heavy (non-hydrogen) atoms. The largest absolute Gasteiger partial charge is 0.497 e. The summed E-state index contributed by atoms with van der Waals surface area (Å²) in [7, 11) is 3.74. The van der Waals surface area contributed by atoms with E-state index in [9.17, 15) is 4.79 Å². The Balaban J connectivity index is 1.09. The summed E-state index contributed by atoms with van der Waals surface area (Å²) < 4.78 is 26.4. The van der Waals surface area contributed by atoms with Crippen LogP contribution in [0.3, 0.4) is 0 Å². The molecule has 1 aliphatic carbocycles. The van der Waals surface area contributed by atoms with E-state index in [1.807, 2.05) is 69.9 Å². The number of fused-ring (bicyclic) bond motifs is 2. The predicted molar refractivity (Wildman–Crippen MR) is 199 cm³/mol. The number of ether oxygens (including phenoxy) is 4. The van der Waals surface area contributed by atoms with Gasteiger partial charge in [-0.3, -0.25) is 0 Å². The Hall–Kier alpha value is -4.19. The lowest BCUT2D eigenvalue weighted by Crippen LogP contribution is -2.39. The fraction of sp³-hybridized carbons (Fsp3) is 0.525. The van der Waals surface area contributed by atoms with Gasteiger partial charge in [-0.2, -0.15) is 0 Å². The quantitative estimate of drug-likeness (QED) is 0.146. The van der Waals surface area contributed by atoms with Gasteiger partial charge in [0.25, 0.3) is 0 Å². The SMILES string of the molecule is COc1ccc(CN(C)c2ncnc3c2ccn3[C@@H]2C[C@H](CNCCCN(CCc3ccccc3)C(=O)OC(C)(C)C)[C@H]3OC(C)(C)O[C@H]32)cc1. The standard InChI is InChI=1S/C40H54N6O5/c1-39(2,3)51-38(47)45(22-18-28-12-9-8-10-13-28)21-11-20-41-25-30-24-33(35-34(30)49-40(4,5)50-35)46-23-19-32-36(42-27-43-37(32)46)44(6)26-29-14-16-31(48-7)17-15-29/h8-10,12-17,19,23,27,30,33-35,41H,11,18,20-22,24-26H2,1-7H3/t30-,33-,34-,35+/m1/s1. The third-order valence-electron chi connectivity index (χ3n) is 9.69. The van der Waals surface area contributed by atoms with E-state index in [1.54, 1.807) is 13.4 Å². The summed E-state index contributed by atoms with van der Waals surface area (Å²) in [5.41, 5.74) is 2.72. The fourth-order valence-corrected chi connectivity index (χ4v) is 7.35. The third-order valence-corrected chi connectivity index (χ3v) is 9.69. The zero-order valence-electron chi connectivity index (χ0n) is 31.2. The lowest BCUT2D eigenvalue weighted by molar-refractivity contribution is -0.160. The molecule has 274 valence electrons. The topological polar surface area (TPSA) is 103 Å². The van der Waals surface area contributed by atoms with Gasteiger partial charge in [0.05, 0.1) is 24.6 Å². The minimum atomic E-state index is -0.666. The van der Waals surface area contributed by atoms with Crippen molar-refractivity contribution in [2.45, 2.75) is 90.1 Å². The van der Waals surface area contributed by atoms with Gasteiger partial charge in [-0.15, -0.1) is 0 Å². The smallest absolute Gasteiger partial charge is 0.410 e. The van der Waals surface area contributed by atoms with Crippen molar-refractivity contribution in [3.63, 3.8) is 0 Å². The first kappa shape index (κ1) is 36.6. The molecule has 11 heteroatoms. The molecule has 1 amide bonds. The number of methoxy groups -OCH3 is 1. The molecule has 2 aliphatic rings. The zero-order valence-corrected chi connectivity index (χ0v) is 31.2. The average molecular weight is 699 g/mol. The minimum absolute atomic E-state index is 0.0434. The van der Waals surface area contributed by atoms with Gasteiger partial charge in [0.1, 0.15) is 35.2 Å². The highest BCUT2D eigenvalue weighted by molar-refractivity contribution is 5.88. The number of benzene rings is 2. The monoisotopic (exact) mass is 698 g/mol. The predicted octanol–water partition coefficient (Wildman–Crippen LogP) is 6.62. The van der Waals surface area contributed by atoms with E-state index in [4.69, 9.17) is 23.9 Å². The number of hydrogen-bond acceptors (Lipinski definition) is 9. The van der Waals surface area contributed by atoms with Crippen LogP contribution < -0.4 is 15.0 Å². The second-order valence-corrected chi connectivity index (χ2v) is 15.3. The lowest BCUT2D eigenvalue weighted by atomic mass is 10.1. The number of carbonyl (C=O) groups is 1. The van der Waals surface area contributed by atoms with Gasteiger partial charge in [-0.05, 0) is 89.8 Å². The van der Waals surface area contributed by atoms with E-state index in [1.165, 1.54) is 11.1 Å². The normalized spacial score (nSPS) is 21.1. The fourth-order valence-electron chi connectivity index (χ4n) is 7.35. The Morgan fingerprint density at radius 2 is 1.75 bits per heavy atom. The second-order valence-electron chi connectivity index (χ2n) is 15.3. The van der Waals surface area contributed by atoms with Crippen LogP contribution >= 0.6 is 0 Å². The van der Waals surface area contributed by atoms with E-state index < -0.39 is 11.4 Å². The second kappa shape index (κ2) is 15.6. The molecule has 2 aromatic carbocycles. The summed E-state index contributed by atoms with van der Waals surface area (Å²) in [5, 5.41) is 4.68. The van der Waals surface area contributed by atoms with Crippen LogP contribution in [0.4, 0.5) is 10.6 Å². The molecule has 4 atom stereocenters. The molecule has 0 bridgehead atoms. The van der Waals surface area contributed by atoms with Gasteiger partial charge in [-0.1, -0.05) is 42.5 Å². The number of amides is 1. The molecule has 0 radical (unpaired) electrons. The summed E-state index contributed by atoms with van der Waals surface area (Å²) in [5.74, 6) is 1.31. The van der Waals surface area contributed by atoms with Crippen molar-refractivity contribution in [1.82, 2.24) is 24.8 Å². The minimum Gasteiger partial charge on any atom is -0.497 e. The maximum absolute atomic E-state index is 13.1. The van der Waals surface area contributed by atoms with E-state index >= 15 is 0 Å². The first-order valence-electron chi connectivity index (χ1n) is 18.1. The summed E-state index contributed by atoms with van der Waals surface area (Å²) >= 11 is 0. The molecule has 0 spiro atoms. The number of aromatic nitrogens is 3. The summed E-state index contributed by atoms with van der Waals surface area (Å²) in [6, 6.07) is 20.6.